The number of hydrogen-bond acceptors (Lipinski definition) is 8. The summed E-state index contributed by atoms with van der Waals surface area (Å²) in [5, 5.41) is 0.286. The van der Waals surface area contributed by atoms with Crippen LogP contribution in [0.15, 0.2) is 69.9 Å². The fourth-order valence-corrected chi connectivity index (χ4v) is 3.36. The summed E-state index contributed by atoms with van der Waals surface area (Å²) in [6.07, 6.45) is 0. The van der Waals surface area contributed by atoms with Gasteiger partial charge in [-0.05, 0) is 49.4 Å². The third-order valence-corrected chi connectivity index (χ3v) is 5.08. The van der Waals surface area contributed by atoms with Crippen LogP contribution in [0.4, 0.5) is 0 Å². The van der Waals surface area contributed by atoms with E-state index in [2.05, 4.69) is 0 Å². The average molecular weight is 462 g/mol. The molecule has 0 spiro atoms. The highest BCUT2D eigenvalue weighted by atomic mass is 16.5. The maximum absolute atomic E-state index is 13.0. The van der Waals surface area contributed by atoms with Crippen molar-refractivity contribution in [3.05, 3.63) is 82.2 Å². The molecule has 0 aliphatic heterocycles. The SMILES string of the molecule is COc1cccc(Oc2c(C)oc3cc(OC(=O)c4ccc(OC)c(OC)c4)ccc3c2=O)c1. The van der Waals surface area contributed by atoms with Crippen molar-refractivity contribution in [2.75, 3.05) is 21.3 Å². The van der Waals surface area contributed by atoms with Gasteiger partial charge in [0.05, 0.1) is 32.3 Å². The van der Waals surface area contributed by atoms with Gasteiger partial charge in [-0.3, -0.25) is 4.79 Å². The molecule has 34 heavy (non-hydrogen) atoms. The van der Waals surface area contributed by atoms with E-state index >= 15 is 0 Å². The van der Waals surface area contributed by atoms with Crippen LogP contribution in [-0.4, -0.2) is 27.3 Å². The topological polar surface area (TPSA) is 93.4 Å². The van der Waals surface area contributed by atoms with Gasteiger partial charge in [0, 0.05) is 12.1 Å². The lowest BCUT2D eigenvalue weighted by atomic mass is 10.2. The molecule has 3 aromatic carbocycles. The predicted octanol–water partition coefficient (Wildman–Crippen LogP) is 5.14. The van der Waals surface area contributed by atoms with Crippen LogP contribution in [0.25, 0.3) is 11.0 Å². The van der Waals surface area contributed by atoms with E-state index in [1.54, 1.807) is 50.4 Å². The van der Waals surface area contributed by atoms with Gasteiger partial charge >= 0.3 is 5.97 Å². The molecule has 1 heterocycles. The molecule has 0 saturated carbocycles. The van der Waals surface area contributed by atoms with E-state index in [0.29, 0.717) is 23.0 Å². The highest BCUT2D eigenvalue weighted by Gasteiger charge is 2.17. The van der Waals surface area contributed by atoms with Crippen LogP contribution in [0, 0.1) is 6.92 Å². The Morgan fingerprint density at radius 2 is 1.56 bits per heavy atom. The summed E-state index contributed by atoms with van der Waals surface area (Å²) in [5.41, 5.74) is 0.190. The van der Waals surface area contributed by atoms with E-state index in [-0.39, 0.29) is 39.2 Å². The van der Waals surface area contributed by atoms with Crippen molar-refractivity contribution in [3.63, 3.8) is 0 Å². The molecule has 0 atom stereocenters. The molecule has 0 saturated heterocycles. The first-order chi connectivity index (χ1) is 16.4. The molecule has 1 aromatic heterocycles. The van der Waals surface area contributed by atoms with Crippen molar-refractivity contribution in [3.8, 4) is 34.5 Å². The number of hydrogen-bond donors (Lipinski definition) is 0. The molecule has 8 heteroatoms. The minimum atomic E-state index is -0.600. The molecular formula is C26H22O8. The molecule has 0 aliphatic carbocycles. The van der Waals surface area contributed by atoms with Crippen LogP contribution in [0.3, 0.4) is 0 Å². The average Bonchev–Trinajstić information content (AvgIpc) is 2.86. The number of benzene rings is 3. The summed E-state index contributed by atoms with van der Waals surface area (Å²) in [5.74, 6) is 1.90. The lowest BCUT2D eigenvalue weighted by Gasteiger charge is -2.11. The molecule has 174 valence electrons. The Morgan fingerprint density at radius 1 is 0.794 bits per heavy atom. The standard InChI is InChI=1S/C26H22O8/c1-15-25(33-18-7-5-6-17(13-18)29-2)24(27)20-10-9-19(14-22(20)32-15)34-26(28)16-8-11-21(30-3)23(12-16)31-4/h5-14H,1-4H3. The van der Waals surface area contributed by atoms with E-state index in [9.17, 15) is 9.59 Å². The summed E-state index contributed by atoms with van der Waals surface area (Å²) >= 11 is 0. The van der Waals surface area contributed by atoms with Crippen LogP contribution in [0.5, 0.6) is 34.5 Å². The monoisotopic (exact) mass is 462 g/mol. The van der Waals surface area contributed by atoms with E-state index < -0.39 is 5.97 Å². The molecule has 0 fully saturated rings. The summed E-state index contributed by atoms with van der Waals surface area (Å²) in [6.45, 7) is 1.62. The minimum absolute atomic E-state index is 0.0656. The van der Waals surface area contributed by atoms with Gasteiger partial charge in [0.25, 0.3) is 0 Å². The summed E-state index contributed by atoms with van der Waals surface area (Å²) < 4.78 is 32.7. The van der Waals surface area contributed by atoms with Gasteiger partial charge in [0.1, 0.15) is 28.6 Å². The molecule has 0 unspecified atom stereocenters. The molecule has 8 nitrogen and oxygen atoms in total. The summed E-state index contributed by atoms with van der Waals surface area (Å²) in [4.78, 5) is 25.7. The molecule has 4 rings (SSSR count). The smallest absolute Gasteiger partial charge is 0.343 e. The van der Waals surface area contributed by atoms with Crippen molar-refractivity contribution in [2.24, 2.45) is 0 Å². The summed E-state index contributed by atoms with van der Waals surface area (Å²) in [7, 11) is 4.53. The third kappa shape index (κ3) is 4.52. The fraction of sp³-hybridized carbons (Fsp3) is 0.154. The number of methoxy groups -OCH3 is 3. The Hall–Kier alpha value is -4.46. The third-order valence-electron chi connectivity index (χ3n) is 5.08. The van der Waals surface area contributed by atoms with Gasteiger partial charge in [0.15, 0.2) is 11.5 Å². The van der Waals surface area contributed by atoms with Crippen LogP contribution >= 0.6 is 0 Å². The first-order valence-electron chi connectivity index (χ1n) is 10.3. The highest BCUT2D eigenvalue weighted by molar-refractivity contribution is 5.92. The quantitative estimate of drug-likeness (QED) is 0.275. The fourth-order valence-electron chi connectivity index (χ4n) is 3.36. The van der Waals surface area contributed by atoms with Crippen molar-refractivity contribution in [1.29, 1.82) is 0 Å². The molecule has 0 amide bonds. The summed E-state index contributed by atoms with van der Waals surface area (Å²) in [6, 6.07) is 16.1. The number of fused-ring (bicyclic) bond motifs is 1. The zero-order valence-electron chi connectivity index (χ0n) is 19.0. The van der Waals surface area contributed by atoms with Crippen molar-refractivity contribution in [1.82, 2.24) is 0 Å². The Morgan fingerprint density at radius 3 is 2.29 bits per heavy atom. The van der Waals surface area contributed by atoms with Gasteiger partial charge < -0.3 is 28.1 Å². The van der Waals surface area contributed by atoms with Crippen LogP contribution in [-0.2, 0) is 0 Å². The maximum Gasteiger partial charge on any atom is 0.343 e. The van der Waals surface area contributed by atoms with Crippen molar-refractivity contribution < 1.29 is 32.9 Å². The number of carbonyl (C=O) groups is 1. The Balaban J connectivity index is 1.61. The number of rotatable bonds is 7. The second-order valence-corrected chi connectivity index (χ2v) is 7.21. The van der Waals surface area contributed by atoms with E-state index in [0.717, 1.165) is 0 Å². The zero-order chi connectivity index (χ0) is 24.2. The lowest BCUT2D eigenvalue weighted by Crippen LogP contribution is -2.10. The number of ether oxygens (including phenoxy) is 5. The van der Waals surface area contributed by atoms with Crippen LogP contribution in [0.2, 0.25) is 0 Å². The van der Waals surface area contributed by atoms with Crippen LogP contribution in [0.1, 0.15) is 16.1 Å². The first-order valence-corrected chi connectivity index (χ1v) is 10.3. The van der Waals surface area contributed by atoms with E-state index in [4.69, 9.17) is 28.1 Å². The van der Waals surface area contributed by atoms with Gasteiger partial charge in [-0.15, -0.1) is 0 Å². The Kier molecular flexibility index (Phi) is 6.40. The molecule has 0 aliphatic rings. The second kappa shape index (κ2) is 9.58. The van der Waals surface area contributed by atoms with Gasteiger partial charge in [0.2, 0.25) is 11.2 Å². The number of carbonyl (C=O) groups excluding carboxylic acids is 1. The molecule has 0 N–H and O–H groups in total. The lowest BCUT2D eigenvalue weighted by molar-refractivity contribution is 0.0734. The van der Waals surface area contributed by atoms with E-state index in [1.807, 2.05) is 0 Å². The normalized spacial score (nSPS) is 10.6. The number of aryl methyl sites for hydroxylation is 1. The Labute approximate surface area is 195 Å². The molecular weight excluding hydrogens is 440 g/mol. The Bertz CT molecular complexity index is 1420. The van der Waals surface area contributed by atoms with Gasteiger partial charge in [-0.25, -0.2) is 4.79 Å². The van der Waals surface area contributed by atoms with Crippen molar-refractivity contribution >= 4 is 16.9 Å². The molecule has 4 aromatic rings. The van der Waals surface area contributed by atoms with Crippen molar-refractivity contribution in [2.45, 2.75) is 6.92 Å². The minimum Gasteiger partial charge on any atom is -0.497 e. The predicted molar refractivity (Wildman–Crippen MR) is 125 cm³/mol. The molecule has 0 radical (unpaired) electrons. The first kappa shape index (κ1) is 22.7. The number of esters is 1. The molecule has 0 bridgehead atoms. The largest absolute Gasteiger partial charge is 0.497 e. The van der Waals surface area contributed by atoms with Gasteiger partial charge in [-0.1, -0.05) is 6.07 Å². The highest BCUT2D eigenvalue weighted by Crippen LogP contribution is 2.30. The maximum atomic E-state index is 13.0. The zero-order valence-corrected chi connectivity index (χ0v) is 19.0. The van der Waals surface area contributed by atoms with E-state index in [1.165, 1.54) is 38.5 Å². The van der Waals surface area contributed by atoms with Crippen LogP contribution < -0.4 is 29.1 Å². The second-order valence-electron chi connectivity index (χ2n) is 7.21. The van der Waals surface area contributed by atoms with Gasteiger partial charge in [-0.2, -0.15) is 0 Å².